The van der Waals surface area contributed by atoms with Crippen molar-refractivity contribution in [1.82, 2.24) is 15.0 Å². The van der Waals surface area contributed by atoms with Crippen LogP contribution in [0.5, 0.6) is 5.88 Å². The molecule has 0 aromatic carbocycles. The molecule has 7 nitrogen and oxygen atoms in total. The number of hydrogen-bond donors (Lipinski definition) is 2. The van der Waals surface area contributed by atoms with Gasteiger partial charge in [-0.1, -0.05) is 0 Å². The molecule has 7 heteroatoms. The van der Waals surface area contributed by atoms with E-state index >= 15 is 0 Å². The van der Waals surface area contributed by atoms with Gasteiger partial charge in [0.1, 0.15) is 11.5 Å². The van der Waals surface area contributed by atoms with Crippen molar-refractivity contribution < 1.29 is 4.74 Å². The molecular weight excluding hydrogens is 292 g/mol. The Morgan fingerprint density at radius 3 is 2.48 bits per heavy atom. The molecule has 0 atom stereocenters. The van der Waals surface area contributed by atoms with E-state index in [1.165, 1.54) is 0 Å². The average molecular weight is 314 g/mol. The molecule has 3 heterocycles. The van der Waals surface area contributed by atoms with Gasteiger partial charge in [-0.25, -0.2) is 15.0 Å². The second-order valence-electron chi connectivity index (χ2n) is 6.19. The monoisotopic (exact) mass is 314 g/mol. The maximum Gasteiger partial charge on any atom is 0.212 e. The summed E-state index contributed by atoms with van der Waals surface area (Å²) in [6.07, 6.45) is 5.30. The quantitative estimate of drug-likeness (QED) is 0.883. The Bertz CT molecular complexity index is 675. The molecule has 3 rings (SSSR count). The van der Waals surface area contributed by atoms with Crippen LogP contribution in [0.1, 0.15) is 19.8 Å². The number of ether oxygens (including phenoxy) is 1. The highest BCUT2D eigenvalue weighted by Gasteiger charge is 2.26. The topological polar surface area (TPSA) is 103 Å². The molecular formula is C16H22N6O. The Morgan fingerprint density at radius 2 is 1.91 bits per heavy atom. The van der Waals surface area contributed by atoms with Gasteiger partial charge in [-0.05, 0) is 25.8 Å². The van der Waals surface area contributed by atoms with Crippen molar-refractivity contribution in [1.29, 1.82) is 0 Å². The number of nitrogens with zero attached hydrogens (tertiary/aromatic N) is 4. The number of hydrogen-bond acceptors (Lipinski definition) is 7. The Hall–Kier alpha value is -2.41. The minimum atomic E-state index is -0.0931. The molecule has 23 heavy (non-hydrogen) atoms. The van der Waals surface area contributed by atoms with E-state index in [-0.39, 0.29) is 5.54 Å². The van der Waals surface area contributed by atoms with Gasteiger partial charge in [0.15, 0.2) is 5.82 Å². The van der Waals surface area contributed by atoms with Crippen molar-refractivity contribution in [3.8, 4) is 17.1 Å². The lowest BCUT2D eigenvalue weighted by atomic mass is 9.91. The Kier molecular flexibility index (Phi) is 4.04. The maximum absolute atomic E-state index is 6.17. The average Bonchev–Trinajstić information content (AvgIpc) is 2.55. The molecule has 1 aliphatic heterocycles. The first-order chi connectivity index (χ1) is 11.0. The number of methoxy groups -OCH3 is 1. The van der Waals surface area contributed by atoms with Crippen molar-refractivity contribution >= 4 is 11.6 Å². The molecule has 2 aromatic heterocycles. The van der Waals surface area contributed by atoms with Gasteiger partial charge in [-0.3, -0.25) is 0 Å². The number of nitrogen functional groups attached to an aromatic ring is 1. The third-order valence-corrected chi connectivity index (χ3v) is 4.24. The molecule has 122 valence electrons. The number of anilines is 2. The summed E-state index contributed by atoms with van der Waals surface area (Å²) < 4.78 is 5.06. The fraction of sp³-hybridized carbons (Fsp3) is 0.438. The lowest BCUT2D eigenvalue weighted by Crippen LogP contribution is -2.48. The largest absolute Gasteiger partial charge is 0.481 e. The minimum absolute atomic E-state index is 0.0931. The predicted molar refractivity (Wildman–Crippen MR) is 90.3 cm³/mol. The number of pyridine rings is 1. The summed E-state index contributed by atoms with van der Waals surface area (Å²) in [6, 6.07) is 3.64. The molecule has 0 radical (unpaired) electrons. The van der Waals surface area contributed by atoms with Crippen LogP contribution in [0, 0.1) is 0 Å². The standard InChI is InChI=1S/C16H22N6O/c1-16(18)5-7-22(8-6-16)12-10-20-14(15(17)21-12)11-3-4-13(23-2)19-9-11/h3-4,9-10H,5-8,18H2,1-2H3,(H2,17,21). The number of piperidine rings is 1. The zero-order chi connectivity index (χ0) is 16.4. The molecule has 0 saturated carbocycles. The second kappa shape index (κ2) is 6.00. The highest BCUT2D eigenvalue weighted by molar-refractivity contribution is 5.70. The number of aromatic nitrogens is 3. The summed E-state index contributed by atoms with van der Waals surface area (Å²) in [6.45, 7) is 3.82. The lowest BCUT2D eigenvalue weighted by molar-refractivity contribution is 0.363. The molecule has 4 N–H and O–H groups in total. The maximum atomic E-state index is 6.17. The van der Waals surface area contributed by atoms with E-state index in [1.807, 2.05) is 6.07 Å². The second-order valence-corrected chi connectivity index (χ2v) is 6.19. The third kappa shape index (κ3) is 3.34. The van der Waals surface area contributed by atoms with Crippen LogP contribution in [0.25, 0.3) is 11.3 Å². The number of rotatable bonds is 3. The predicted octanol–water partition coefficient (Wildman–Crippen LogP) is 1.45. The Morgan fingerprint density at radius 1 is 1.17 bits per heavy atom. The zero-order valence-electron chi connectivity index (χ0n) is 13.5. The first-order valence-corrected chi connectivity index (χ1v) is 7.65. The van der Waals surface area contributed by atoms with Crippen molar-refractivity contribution in [2.24, 2.45) is 5.73 Å². The highest BCUT2D eigenvalue weighted by Crippen LogP contribution is 2.27. The van der Waals surface area contributed by atoms with Crippen LogP contribution >= 0.6 is 0 Å². The summed E-state index contributed by atoms with van der Waals surface area (Å²) in [4.78, 5) is 15.3. The van der Waals surface area contributed by atoms with E-state index < -0.39 is 0 Å². The molecule has 1 fully saturated rings. The van der Waals surface area contributed by atoms with Gasteiger partial charge in [-0.2, -0.15) is 0 Å². The molecule has 1 aliphatic rings. The Balaban J connectivity index is 1.80. The fourth-order valence-corrected chi connectivity index (χ4v) is 2.66. The summed E-state index contributed by atoms with van der Waals surface area (Å²) in [5.74, 6) is 1.74. The van der Waals surface area contributed by atoms with Crippen molar-refractivity contribution in [2.75, 3.05) is 30.8 Å². The van der Waals surface area contributed by atoms with Crippen LogP contribution in [0.15, 0.2) is 24.5 Å². The van der Waals surface area contributed by atoms with E-state index in [2.05, 4.69) is 26.8 Å². The molecule has 1 saturated heterocycles. The SMILES string of the molecule is COc1ccc(-c2ncc(N3CCC(C)(N)CC3)nc2N)cn1. The molecule has 0 bridgehead atoms. The summed E-state index contributed by atoms with van der Waals surface area (Å²) in [7, 11) is 1.58. The third-order valence-electron chi connectivity index (χ3n) is 4.24. The van der Waals surface area contributed by atoms with Gasteiger partial charge >= 0.3 is 0 Å². The zero-order valence-corrected chi connectivity index (χ0v) is 13.5. The van der Waals surface area contributed by atoms with Crippen LogP contribution in [-0.4, -0.2) is 40.7 Å². The van der Waals surface area contributed by atoms with E-state index in [0.717, 1.165) is 37.3 Å². The highest BCUT2D eigenvalue weighted by atomic mass is 16.5. The summed E-state index contributed by atoms with van der Waals surface area (Å²) >= 11 is 0. The Labute approximate surface area is 135 Å². The molecule has 0 amide bonds. The first kappa shape index (κ1) is 15.5. The fourth-order valence-electron chi connectivity index (χ4n) is 2.66. The van der Waals surface area contributed by atoms with Gasteiger partial charge in [-0.15, -0.1) is 0 Å². The number of nitrogens with two attached hydrogens (primary N) is 2. The molecule has 0 unspecified atom stereocenters. The van der Waals surface area contributed by atoms with E-state index in [4.69, 9.17) is 16.2 Å². The van der Waals surface area contributed by atoms with Gasteiger partial charge < -0.3 is 21.1 Å². The van der Waals surface area contributed by atoms with Gasteiger partial charge in [0.05, 0.1) is 13.3 Å². The van der Waals surface area contributed by atoms with Gasteiger partial charge in [0, 0.05) is 36.5 Å². The van der Waals surface area contributed by atoms with Crippen molar-refractivity contribution in [3.05, 3.63) is 24.5 Å². The van der Waals surface area contributed by atoms with Gasteiger partial charge in [0.2, 0.25) is 5.88 Å². The van der Waals surface area contributed by atoms with Crippen LogP contribution in [-0.2, 0) is 0 Å². The van der Waals surface area contributed by atoms with E-state index in [1.54, 1.807) is 25.6 Å². The van der Waals surface area contributed by atoms with Crippen LogP contribution in [0.4, 0.5) is 11.6 Å². The van der Waals surface area contributed by atoms with Crippen LogP contribution in [0.2, 0.25) is 0 Å². The normalized spacial score (nSPS) is 17.1. The van der Waals surface area contributed by atoms with Crippen molar-refractivity contribution in [3.63, 3.8) is 0 Å². The lowest BCUT2D eigenvalue weighted by Gasteiger charge is -2.37. The molecule has 0 spiro atoms. The molecule has 2 aromatic rings. The minimum Gasteiger partial charge on any atom is -0.481 e. The van der Waals surface area contributed by atoms with Crippen LogP contribution < -0.4 is 21.1 Å². The van der Waals surface area contributed by atoms with E-state index in [0.29, 0.717) is 17.4 Å². The van der Waals surface area contributed by atoms with Crippen LogP contribution in [0.3, 0.4) is 0 Å². The van der Waals surface area contributed by atoms with E-state index in [9.17, 15) is 0 Å². The first-order valence-electron chi connectivity index (χ1n) is 7.65. The molecule has 0 aliphatic carbocycles. The summed E-state index contributed by atoms with van der Waals surface area (Å²) in [5, 5.41) is 0. The van der Waals surface area contributed by atoms with Gasteiger partial charge in [0.25, 0.3) is 0 Å². The van der Waals surface area contributed by atoms with Crippen molar-refractivity contribution in [2.45, 2.75) is 25.3 Å². The smallest absolute Gasteiger partial charge is 0.212 e. The summed E-state index contributed by atoms with van der Waals surface area (Å²) in [5.41, 5.74) is 13.6.